The molecule has 1 saturated heterocycles. The van der Waals surface area contributed by atoms with Crippen molar-refractivity contribution in [3.8, 4) is 0 Å². The van der Waals surface area contributed by atoms with Gasteiger partial charge in [-0.3, -0.25) is 0 Å². The van der Waals surface area contributed by atoms with Crippen molar-refractivity contribution >= 4 is 34.9 Å². The first-order chi connectivity index (χ1) is 8.11. The molecule has 1 aliphatic heterocycles. The van der Waals surface area contributed by atoms with Gasteiger partial charge >= 0.3 is 5.97 Å². The van der Waals surface area contributed by atoms with Crippen molar-refractivity contribution < 1.29 is 14.6 Å². The highest BCUT2D eigenvalue weighted by Gasteiger charge is 2.22. The van der Waals surface area contributed by atoms with Gasteiger partial charge in [-0.1, -0.05) is 23.2 Å². The van der Waals surface area contributed by atoms with Crippen LogP contribution in [0.3, 0.4) is 0 Å². The summed E-state index contributed by atoms with van der Waals surface area (Å²) >= 11 is 12.0. The first-order valence-electron chi connectivity index (χ1n) is 5.01. The van der Waals surface area contributed by atoms with Gasteiger partial charge in [0.15, 0.2) is 5.69 Å². The van der Waals surface area contributed by atoms with E-state index in [1.807, 2.05) is 4.90 Å². The van der Waals surface area contributed by atoms with E-state index in [1.54, 1.807) is 0 Å². The molecular formula is C10H10Cl2N2O3. The Morgan fingerprint density at radius 2 is 2.06 bits per heavy atom. The average Bonchev–Trinajstić information content (AvgIpc) is 2.30. The number of hydrogen-bond acceptors (Lipinski definition) is 4. The normalized spacial score (nSPS) is 16.0. The lowest BCUT2D eigenvalue weighted by Crippen LogP contribution is -2.36. The van der Waals surface area contributed by atoms with E-state index in [1.165, 1.54) is 6.20 Å². The molecule has 0 aromatic carbocycles. The Morgan fingerprint density at radius 3 is 2.65 bits per heavy atom. The molecule has 0 atom stereocenters. The van der Waals surface area contributed by atoms with Gasteiger partial charge in [0.1, 0.15) is 0 Å². The minimum atomic E-state index is -1.17. The number of nitrogens with zero attached hydrogens (tertiary/aromatic N) is 2. The van der Waals surface area contributed by atoms with Crippen LogP contribution in [-0.4, -0.2) is 42.4 Å². The highest BCUT2D eigenvalue weighted by molar-refractivity contribution is 6.40. The maximum atomic E-state index is 10.9. The molecule has 17 heavy (non-hydrogen) atoms. The van der Waals surface area contributed by atoms with Gasteiger partial charge < -0.3 is 14.7 Å². The molecule has 1 aliphatic rings. The largest absolute Gasteiger partial charge is 0.476 e. The van der Waals surface area contributed by atoms with Crippen LogP contribution in [0, 0.1) is 0 Å². The van der Waals surface area contributed by atoms with Crippen LogP contribution in [0.1, 0.15) is 10.5 Å². The van der Waals surface area contributed by atoms with Crippen molar-refractivity contribution in [1.29, 1.82) is 0 Å². The van der Waals surface area contributed by atoms with E-state index in [9.17, 15) is 4.79 Å². The summed E-state index contributed by atoms with van der Waals surface area (Å²) in [5.41, 5.74) is 0.335. The minimum absolute atomic E-state index is 0.0758. The summed E-state index contributed by atoms with van der Waals surface area (Å²) < 4.78 is 5.22. The summed E-state index contributed by atoms with van der Waals surface area (Å²) in [6.07, 6.45) is 1.31. The number of anilines is 1. The first kappa shape index (κ1) is 12.4. The van der Waals surface area contributed by atoms with E-state index in [0.29, 0.717) is 37.0 Å². The van der Waals surface area contributed by atoms with Crippen molar-refractivity contribution in [2.24, 2.45) is 0 Å². The monoisotopic (exact) mass is 276 g/mol. The van der Waals surface area contributed by atoms with Crippen LogP contribution in [0.25, 0.3) is 0 Å². The van der Waals surface area contributed by atoms with Crippen LogP contribution < -0.4 is 4.90 Å². The zero-order valence-electron chi connectivity index (χ0n) is 8.82. The number of hydrogen-bond donors (Lipinski definition) is 1. The second-order valence-corrected chi connectivity index (χ2v) is 4.31. The van der Waals surface area contributed by atoms with Gasteiger partial charge in [-0.15, -0.1) is 0 Å². The number of pyridine rings is 1. The summed E-state index contributed by atoms with van der Waals surface area (Å²) in [6.45, 7) is 2.39. The lowest BCUT2D eigenvalue weighted by atomic mass is 10.2. The molecule has 0 radical (unpaired) electrons. The Morgan fingerprint density at radius 1 is 1.41 bits per heavy atom. The van der Waals surface area contributed by atoms with E-state index in [-0.39, 0.29) is 10.7 Å². The second-order valence-electron chi connectivity index (χ2n) is 3.52. The van der Waals surface area contributed by atoms with E-state index in [2.05, 4.69) is 4.98 Å². The van der Waals surface area contributed by atoms with Gasteiger partial charge in [0.05, 0.1) is 28.9 Å². The average molecular weight is 277 g/mol. The number of halogens is 2. The molecule has 2 rings (SSSR count). The van der Waals surface area contributed by atoms with Gasteiger partial charge in [0.25, 0.3) is 0 Å². The van der Waals surface area contributed by atoms with Gasteiger partial charge in [0, 0.05) is 19.3 Å². The van der Waals surface area contributed by atoms with Gasteiger partial charge in [-0.2, -0.15) is 0 Å². The van der Waals surface area contributed by atoms with Crippen LogP contribution in [0.5, 0.6) is 0 Å². The fourth-order valence-corrected chi connectivity index (χ4v) is 2.34. The fourth-order valence-electron chi connectivity index (χ4n) is 1.68. The van der Waals surface area contributed by atoms with Gasteiger partial charge in [-0.05, 0) is 0 Å². The van der Waals surface area contributed by atoms with Gasteiger partial charge in [0.2, 0.25) is 0 Å². The Balaban J connectivity index is 2.43. The molecule has 1 aromatic rings. The predicted molar refractivity (Wildman–Crippen MR) is 64.2 cm³/mol. The molecule has 7 heteroatoms. The van der Waals surface area contributed by atoms with Crippen LogP contribution >= 0.6 is 23.2 Å². The fraction of sp³-hybridized carbons (Fsp3) is 0.400. The molecule has 0 unspecified atom stereocenters. The number of carbonyl (C=O) groups is 1. The zero-order valence-corrected chi connectivity index (χ0v) is 10.3. The number of carboxylic acids is 1. The summed E-state index contributed by atoms with van der Waals surface area (Å²) in [6, 6.07) is 0. The lowest BCUT2D eigenvalue weighted by molar-refractivity contribution is 0.0690. The molecule has 2 heterocycles. The van der Waals surface area contributed by atoms with Crippen LogP contribution in [-0.2, 0) is 4.74 Å². The van der Waals surface area contributed by atoms with Crippen molar-refractivity contribution in [2.75, 3.05) is 31.2 Å². The number of ether oxygens (including phenoxy) is 1. The van der Waals surface area contributed by atoms with Crippen molar-refractivity contribution in [3.05, 3.63) is 21.9 Å². The van der Waals surface area contributed by atoms with E-state index >= 15 is 0 Å². The number of morpholine rings is 1. The molecule has 5 nitrogen and oxygen atoms in total. The highest BCUT2D eigenvalue weighted by Crippen LogP contribution is 2.35. The third kappa shape index (κ3) is 2.46. The highest BCUT2D eigenvalue weighted by atomic mass is 35.5. The quantitative estimate of drug-likeness (QED) is 0.894. The number of aromatic carboxylic acids is 1. The topological polar surface area (TPSA) is 62.7 Å². The number of aromatic nitrogens is 1. The maximum absolute atomic E-state index is 10.9. The van der Waals surface area contributed by atoms with Crippen molar-refractivity contribution in [1.82, 2.24) is 4.98 Å². The first-order valence-corrected chi connectivity index (χ1v) is 5.77. The Bertz CT molecular complexity index is 447. The molecule has 0 amide bonds. The molecule has 1 fully saturated rings. The van der Waals surface area contributed by atoms with Gasteiger partial charge in [-0.25, -0.2) is 9.78 Å². The number of carboxylic acid groups (broad SMARTS) is 1. The molecular weight excluding hydrogens is 267 g/mol. The summed E-state index contributed by atoms with van der Waals surface area (Å²) in [5, 5.41) is 9.37. The van der Waals surface area contributed by atoms with Crippen LogP contribution in [0.4, 0.5) is 5.69 Å². The zero-order chi connectivity index (χ0) is 12.4. The smallest absolute Gasteiger partial charge is 0.356 e. The summed E-state index contributed by atoms with van der Waals surface area (Å²) in [5.74, 6) is -1.17. The number of rotatable bonds is 2. The Kier molecular flexibility index (Phi) is 3.71. The molecule has 0 spiro atoms. The van der Waals surface area contributed by atoms with E-state index in [4.69, 9.17) is 33.0 Å². The predicted octanol–water partition coefficient (Wildman–Crippen LogP) is 1.92. The molecule has 1 aromatic heterocycles. The standard InChI is InChI=1S/C10H10Cl2N2O3/c11-6-5-13-8(10(15)16)7(12)9(6)14-1-3-17-4-2-14/h5H,1-4H2,(H,15,16). The maximum Gasteiger partial charge on any atom is 0.356 e. The molecule has 92 valence electrons. The van der Waals surface area contributed by atoms with Crippen molar-refractivity contribution in [2.45, 2.75) is 0 Å². The van der Waals surface area contributed by atoms with E-state index in [0.717, 1.165) is 0 Å². The SMILES string of the molecule is O=C(O)c1ncc(Cl)c(N2CCOCC2)c1Cl. The van der Waals surface area contributed by atoms with Crippen molar-refractivity contribution in [3.63, 3.8) is 0 Å². The third-order valence-corrected chi connectivity index (χ3v) is 3.11. The van der Waals surface area contributed by atoms with Crippen LogP contribution in [0.15, 0.2) is 6.20 Å². The molecule has 0 saturated carbocycles. The second kappa shape index (κ2) is 5.08. The summed E-state index contributed by atoms with van der Waals surface area (Å²) in [4.78, 5) is 16.6. The Labute approximate surface area is 108 Å². The summed E-state index contributed by atoms with van der Waals surface area (Å²) in [7, 11) is 0. The lowest BCUT2D eigenvalue weighted by Gasteiger charge is -2.30. The van der Waals surface area contributed by atoms with Crippen LogP contribution in [0.2, 0.25) is 10.0 Å². The minimum Gasteiger partial charge on any atom is -0.476 e. The third-order valence-electron chi connectivity index (χ3n) is 2.48. The molecule has 0 bridgehead atoms. The molecule has 0 aliphatic carbocycles. The molecule has 1 N–H and O–H groups in total. The Hall–Kier alpha value is -1.04. The van der Waals surface area contributed by atoms with E-state index < -0.39 is 5.97 Å².